The highest BCUT2D eigenvalue weighted by Gasteiger charge is 2.41. The van der Waals surface area contributed by atoms with Crippen molar-refractivity contribution in [1.29, 1.82) is 0 Å². The molecule has 1 saturated heterocycles. The van der Waals surface area contributed by atoms with Crippen LogP contribution in [0, 0.1) is 0 Å². The monoisotopic (exact) mass is 209 g/mol. The lowest BCUT2D eigenvalue weighted by atomic mass is 10.0. The van der Waals surface area contributed by atoms with Crippen molar-refractivity contribution in [1.82, 2.24) is 5.32 Å². The van der Waals surface area contributed by atoms with E-state index in [2.05, 4.69) is 5.32 Å². The summed E-state index contributed by atoms with van der Waals surface area (Å²) in [5.74, 6) is -1.20. The molecule has 1 heterocycles. The zero-order valence-electron chi connectivity index (χ0n) is 6.88. The molecule has 1 rings (SSSR count). The van der Waals surface area contributed by atoms with E-state index < -0.39 is 25.3 Å². The Morgan fingerprint density at radius 2 is 2.08 bits per heavy atom. The zero-order valence-corrected chi connectivity index (χ0v) is 7.78. The van der Waals surface area contributed by atoms with E-state index in [1.807, 2.05) is 0 Å². The average molecular weight is 209 g/mol. The summed E-state index contributed by atoms with van der Waals surface area (Å²) in [7, 11) is -4.29. The number of rotatable bonds is 2. The molecule has 0 aromatic heterocycles. The third-order valence-electron chi connectivity index (χ3n) is 2.12. The lowest BCUT2D eigenvalue weighted by Gasteiger charge is -2.29. The Morgan fingerprint density at radius 1 is 1.46 bits per heavy atom. The largest absolute Gasteiger partial charge is 0.480 e. The van der Waals surface area contributed by atoms with E-state index in [0.717, 1.165) is 0 Å². The van der Waals surface area contributed by atoms with Crippen LogP contribution in [0.25, 0.3) is 0 Å². The third-order valence-corrected chi connectivity index (χ3v) is 3.54. The second kappa shape index (κ2) is 3.75. The Labute approximate surface area is 75.1 Å². The molecule has 7 heteroatoms. The van der Waals surface area contributed by atoms with Crippen LogP contribution in [0.3, 0.4) is 0 Å². The maximum Gasteiger partial charge on any atom is 0.330 e. The quantitative estimate of drug-likeness (QED) is 0.451. The molecule has 0 bridgehead atoms. The SMILES string of the molecule is O=C(O)[C@@H]1NCCC[C@@H]1P(=O)(O)O. The molecule has 0 radical (unpaired) electrons. The smallest absolute Gasteiger partial charge is 0.330 e. The molecule has 1 aliphatic rings. The topological polar surface area (TPSA) is 107 Å². The fraction of sp³-hybridized carbons (Fsp3) is 0.833. The fourth-order valence-electron chi connectivity index (χ4n) is 1.49. The first-order chi connectivity index (χ1) is 5.93. The van der Waals surface area contributed by atoms with Crippen LogP contribution in [0.1, 0.15) is 12.8 Å². The van der Waals surface area contributed by atoms with Crippen molar-refractivity contribution >= 4 is 13.6 Å². The molecule has 0 aromatic carbocycles. The molecule has 4 N–H and O–H groups in total. The molecule has 0 amide bonds. The van der Waals surface area contributed by atoms with E-state index >= 15 is 0 Å². The minimum Gasteiger partial charge on any atom is -0.480 e. The van der Waals surface area contributed by atoms with Crippen molar-refractivity contribution in [2.75, 3.05) is 6.54 Å². The summed E-state index contributed by atoms with van der Waals surface area (Å²) in [6.45, 7) is 0.494. The van der Waals surface area contributed by atoms with Gasteiger partial charge >= 0.3 is 13.6 Å². The highest BCUT2D eigenvalue weighted by molar-refractivity contribution is 7.52. The standard InChI is InChI=1S/C6H12NO5P/c8-6(9)5-4(13(10,11)12)2-1-3-7-5/h4-5,7H,1-3H2,(H,8,9)(H2,10,11,12)/t4-,5+/m0/s1. The summed E-state index contributed by atoms with van der Waals surface area (Å²) < 4.78 is 10.9. The second-order valence-electron chi connectivity index (χ2n) is 3.07. The van der Waals surface area contributed by atoms with Crippen LogP contribution in [-0.2, 0) is 9.36 Å². The van der Waals surface area contributed by atoms with Crippen molar-refractivity contribution in [2.24, 2.45) is 0 Å². The number of nitrogens with one attached hydrogen (secondary N) is 1. The minimum atomic E-state index is -4.29. The van der Waals surface area contributed by atoms with Crippen LogP contribution >= 0.6 is 7.60 Å². The number of carboxylic acids is 1. The molecule has 0 saturated carbocycles. The number of hydrogen-bond acceptors (Lipinski definition) is 3. The van der Waals surface area contributed by atoms with Crippen molar-refractivity contribution < 1.29 is 24.3 Å². The summed E-state index contributed by atoms with van der Waals surface area (Å²) in [4.78, 5) is 28.3. The summed E-state index contributed by atoms with van der Waals surface area (Å²) >= 11 is 0. The van der Waals surface area contributed by atoms with E-state index in [1.165, 1.54) is 0 Å². The number of piperidine rings is 1. The number of aliphatic carboxylic acids is 1. The number of carbonyl (C=O) groups is 1. The van der Waals surface area contributed by atoms with Gasteiger partial charge in [-0.3, -0.25) is 9.36 Å². The predicted octanol–water partition coefficient (Wildman–Crippen LogP) is -0.631. The summed E-state index contributed by atoms with van der Waals surface area (Å²) in [5, 5.41) is 11.2. The lowest BCUT2D eigenvalue weighted by Crippen LogP contribution is -2.49. The van der Waals surface area contributed by atoms with Crippen molar-refractivity contribution in [3.63, 3.8) is 0 Å². The summed E-state index contributed by atoms with van der Waals surface area (Å²) in [6.07, 6.45) is 0.855. The summed E-state index contributed by atoms with van der Waals surface area (Å²) in [5.41, 5.74) is -1.08. The van der Waals surface area contributed by atoms with Crippen molar-refractivity contribution in [3.05, 3.63) is 0 Å². The Kier molecular flexibility index (Phi) is 3.08. The molecule has 13 heavy (non-hydrogen) atoms. The van der Waals surface area contributed by atoms with Crippen LogP contribution in [-0.4, -0.2) is 39.1 Å². The van der Waals surface area contributed by atoms with Crippen molar-refractivity contribution in [3.8, 4) is 0 Å². The maximum absolute atomic E-state index is 10.9. The molecular weight excluding hydrogens is 197 g/mol. The van der Waals surface area contributed by atoms with Crippen LogP contribution in [0.2, 0.25) is 0 Å². The Hall–Kier alpha value is -0.420. The van der Waals surface area contributed by atoms with Gasteiger partial charge in [0.1, 0.15) is 6.04 Å². The van der Waals surface area contributed by atoms with Crippen LogP contribution in [0.15, 0.2) is 0 Å². The van der Waals surface area contributed by atoms with Gasteiger partial charge in [-0.25, -0.2) is 0 Å². The molecule has 1 aliphatic heterocycles. The third kappa shape index (κ3) is 2.51. The van der Waals surface area contributed by atoms with Crippen molar-refractivity contribution in [2.45, 2.75) is 24.5 Å². The molecule has 76 valence electrons. The van der Waals surface area contributed by atoms with Gasteiger partial charge in [0.05, 0.1) is 5.66 Å². The van der Waals surface area contributed by atoms with Gasteiger partial charge in [0, 0.05) is 0 Å². The fourth-order valence-corrected chi connectivity index (χ4v) is 2.63. The van der Waals surface area contributed by atoms with Gasteiger partial charge in [-0.05, 0) is 19.4 Å². The molecular formula is C6H12NO5P. The van der Waals surface area contributed by atoms with Gasteiger partial charge in [-0.1, -0.05) is 0 Å². The second-order valence-corrected chi connectivity index (χ2v) is 4.91. The van der Waals surface area contributed by atoms with E-state index in [0.29, 0.717) is 13.0 Å². The minimum absolute atomic E-state index is 0.258. The van der Waals surface area contributed by atoms with Crippen LogP contribution < -0.4 is 5.32 Å². The number of hydrogen-bond donors (Lipinski definition) is 4. The molecule has 6 nitrogen and oxygen atoms in total. The maximum atomic E-state index is 10.9. The van der Waals surface area contributed by atoms with E-state index in [-0.39, 0.29) is 6.42 Å². The predicted molar refractivity (Wildman–Crippen MR) is 44.5 cm³/mol. The Balaban J connectivity index is 2.79. The van der Waals surface area contributed by atoms with Gasteiger partial charge < -0.3 is 20.2 Å². The number of carboxylic acid groups (broad SMARTS) is 1. The van der Waals surface area contributed by atoms with Crippen LogP contribution in [0.4, 0.5) is 0 Å². The molecule has 0 aliphatic carbocycles. The highest BCUT2D eigenvalue weighted by atomic mass is 31.2. The van der Waals surface area contributed by atoms with Gasteiger partial charge in [0.2, 0.25) is 0 Å². The first kappa shape index (κ1) is 10.7. The van der Waals surface area contributed by atoms with E-state index in [1.54, 1.807) is 0 Å². The molecule has 0 unspecified atom stereocenters. The highest BCUT2D eigenvalue weighted by Crippen LogP contribution is 2.46. The first-order valence-corrected chi connectivity index (χ1v) is 5.62. The molecule has 2 atom stereocenters. The Bertz CT molecular complexity index is 249. The van der Waals surface area contributed by atoms with E-state index in [4.69, 9.17) is 14.9 Å². The molecule has 0 spiro atoms. The van der Waals surface area contributed by atoms with Gasteiger partial charge in [0.25, 0.3) is 0 Å². The molecule has 1 fully saturated rings. The van der Waals surface area contributed by atoms with E-state index in [9.17, 15) is 9.36 Å². The van der Waals surface area contributed by atoms with Gasteiger partial charge in [-0.15, -0.1) is 0 Å². The lowest BCUT2D eigenvalue weighted by molar-refractivity contribution is -0.140. The van der Waals surface area contributed by atoms with Gasteiger partial charge in [-0.2, -0.15) is 0 Å². The van der Waals surface area contributed by atoms with Gasteiger partial charge in [0.15, 0.2) is 0 Å². The summed E-state index contributed by atoms with van der Waals surface area (Å²) in [6, 6.07) is -1.12. The Morgan fingerprint density at radius 3 is 2.46 bits per heavy atom. The zero-order chi connectivity index (χ0) is 10.1. The molecule has 0 aromatic rings. The average Bonchev–Trinajstić information content (AvgIpc) is 2.03. The first-order valence-electron chi connectivity index (χ1n) is 3.94. The normalized spacial score (nSPS) is 30.0. The van der Waals surface area contributed by atoms with Crippen LogP contribution in [0.5, 0.6) is 0 Å².